The lowest BCUT2D eigenvalue weighted by atomic mass is 9.98. The monoisotopic (exact) mass is 447 g/mol. The molecule has 3 rings (SSSR count). The molecule has 0 aliphatic carbocycles. The molecule has 2 aromatic carbocycles. The van der Waals surface area contributed by atoms with Crippen LogP contribution in [-0.2, 0) is 4.74 Å². The summed E-state index contributed by atoms with van der Waals surface area (Å²) in [4.78, 5) is 2.25. The van der Waals surface area contributed by atoms with Crippen LogP contribution >= 0.6 is 15.9 Å². The molecule has 3 atom stereocenters. The first kappa shape index (κ1) is 21.3. The smallest absolute Gasteiger partial charge is 0.122 e. The zero-order valence-electron chi connectivity index (χ0n) is 16.7. The fourth-order valence-corrected chi connectivity index (χ4v) is 3.97. The normalized spacial score (nSPS) is 19.9. The number of benzene rings is 2. The molecule has 28 heavy (non-hydrogen) atoms. The van der Waals surface area contributed by atoms with E-state index in [1.165, 1.54) is 5.56 Å². The van der Waals surface area contributed by atoms with Gasteiger partial charge in [0.25, 0.3) is 0 Å². The SMILES string of the molecule is CCC(C)c1ccccc1OCC(O)CN1CCOC(c2cccc(Br)c2)C1. The molecule has 2 aromatic rings. The molecule has 1 aliphatic rings. The second-order valence-corrected chi connectivity index (χ2v) is 8.40. The van der Waals surface area contributed by atoms with Crippen molar-refractivity contribution < 1.29 is 14.6 Å². The summed E-state index contributed by atoms with van der Waals surface area (Å²) in [5, 5.41) is 10.5. The maximum Gasteiger partial charge on any atom is 0.122 e. The summed E-state index contributed by atoms with van der Waals surface area (Å²) in [5.74, 6) is 1.32. The van der Waals surface area contributed by atoms with E-state index >= 15 is 0 Å². The van der Waals surface area contributed by atoms with E-state index in [0.717, 1.165) is 35.3 Å². The molecule has 0 spiro atoms. The summed E-state index contributed by atoms with van der Waals surface area (Å²) in [6.45, 7) is 7.53. The maximum atomic E-state index is 10.5. The van der Waals surface area contributed by atoms with Crippen molar-refractivity contribution in [2.24, 2.45) is 0 Å². The highest BCUT2D eigenvalue weighted by atomic mass is 79.9. The van der Waals surface area contributed by atoms with E-state index in [0.29, 0.717) is 25.7 Å². The third-order valence-electron chi connectivity index (χ3n) is 5.33. The first-order valence-electron chi connectivity index (χ1n) is 10.1. The third kappa shape index (κ3) is 5.80. The lowest BCUT2D eigenvalue weighted by Gasteiger charge is -2.34. The van der Waals surface area contributed by atoms with Gasteiger partial charge in [-0.2, -0.15) is 0 Å². The van der Waals surface area contributed by atoms with Crippen molar-refractivity contribution in [2.75, 3.05) is 32.8 Å². The lowest BCUT2D eigenvalue weighted by molar-refractivity contribution is -0.0460. The number of β-amino-alcohol motifs (C(OH)–C–C–N with tert-alkyl or cyclic N) is 1. The molecule has 5 heteroatoms. The number of ether oxygens (including phenoxy) is 2. The van der Waals surface area contributed by atoms with E-state index in [1.807, 2.05) is 30.3 Å². The maximum absolute atomic E-state index is 10.5. The molecule has 0 radical (unpaired) electrons. The van der Waals surface area contributed by atoms with Crippen molar-refractivity contribution in [2.45, 2.75) is 38.4 Å². The van der Waals surface area contributed by atoms with E-state index in [1.54, 1.807) is 0 Å². The molecule has 1 heterocycles. The predicted octanol–water partition coefficient (Wildman–Crippen LogP) is 4.78. The van der Waals surface area contributed by atoms with Crippen LogP contribution in [0.15, 0.2) is 53.0 Å². The molecule has 0 bridgehead atoms. The molecule has 0 amide bonds. The van der Waals surface area contributed by atoms with Crippen LogP contribution in [0.1, 0.15) is 43.4 Å². The third-order valence-corrected chi connectivity index (χ3v) is 5.83. The first-order chi connectivity index (χ1) is 13.6. The standard InChI is InChI=1S/C23H30BrNO3/c1-3-17(2)21-9-4-5-10-22(21)28-16-20(26)14-25-11-12-27-23(15-25)18-7-6-8-19(24)13-18/h4-10,13,17,20,23,26H,3,11-12,14-16H2,1-2H3. The van der Waals surface area contributed by atoms with Crippen LogP contribution in [-0.4, -0.2) is 49.0 Å². The van der Waals surface area contributed by atoms with Gasteiger partial charge in [-0.05, 0) is 41.7 Å². The number of aliphatic hydroxyl groups excluding tert-OH is 1. The highest BCUT2D eigenvalue weighted by molar-refractivity contribution is 9.10. The van der Waals surface area contributed by atoms with Gasteiger partial charge in [0.05, 0.1) is 12.7 Å². The van der Waals surface area contributed by atoms with E-state index < -0.39 is 6.10 Å². The number of hydrogen-bond acceptors (Lipinski definition) is 4. The molecular formula is C23H30BrNO3. The van der Waals surface area contributed by atoms with Crippen molar-refractivity contribution in [1.82, 2.24) is 4.90 Å². The van der Waals surface area contributed by atoms with Crippen LogP contribution in [0.25, 0.3) is 0 Å². The van der Waals surface area contributed by atoms with Gasteiger partial charge in [0, 0.05) is 24.1 Å². The molecule has 1 fully saturated rings. The summed E-state index contributed by atoms with van der Waals surface area (Å²) < 4.78 is 13.0. The van der Waals surface area contributed by atoms with Crippen LogP contribution in [0.5, 0.6) is 5.75 Å². The topological polar surface area (TPSA) is 41.9 Å². The minimum atomic E-state index is -0.536. The molecular weight excluding hydrogens is 418 g/mol. The molecule has 3 unspecified atom stereocenters. The highest BCUT2D eigenvalue weighted by Gasteiger charge is 2.24. The van der Waals surface area contributed by atoms with Crippen molar-refractivity contribution in [3.05, 3.63) is 64.1 Å². The Morgan fingerprint density at radius 1 is 1.25 bits per heavy atom. The van der Waals surface area contributed by atoms with Gasteiger partial charge in [0.15, 0.2) is 0 Å². The zero-order chi connectivity index (χ0) is 19.9. The number of morpholine rings is 1. The number of nitrogens with zero attached hydrogens (tertiary/aromatic N) is 1. The van der Waals surface area contributed by atoms with Gasteiger partial charge in [0.1, 0.15) is 18.5 Å². The summed E-state index contributed by atoms with van der Waals surface area (Å²) in [6, 6.07) is 16.4. The lowest BCUT2D eigenvalue weighted by Crippen LogP contribution is -2.43. The van der Waals surface area contributed by atoms with Gasteiger partial charge in [-0.15, -0.1) is 0 Å². The first-order valence-corrected chi connectivity index (χ1v) is 10.8. The molecule has 1 saturated heterocycles. The van der Waals surface area contributed by atoms with Crippen molar-refractivity contribution >= 4 is 15.9 Å². The van der Waals surface area contributed by atoms with Crippen LogP contribution in [0, 0.1) is 0 Å². The van der Waals surface area contributed by atoms with Gasteiger partial charge >= 0.3 is 0 Å². The number of halogens is 1. The summed E-state index contributed by atoms with van der Waals surface area (Å²) in [5.41, 5.74) is 2.37. The Hall–Kier alpha value is -1.40. The Morgan fingerprint density at radius 3 is 2.86 bits per heavy atom. The van der Waals surface area contributed by atoms with Crippen LogP contribution < -0.4 is 4.74 Å². The van der Waals surface area contributed by atoms with Crippen LogP contribution in [0.4, 0.5) is 0 Å². The largest absolute Gasteiger partial charge is 0.491 e. The fourth-order valence-electron chi connectivity index (χ4n) is 3.55. The Kier molecular flexibility index (Phi) is 7.91. The summed E-state index contributed by atoms with van der Waals surface area (Å²) >= 11 is 3.52. The van der Waals surface area contributed by atoms with Crippen molar-refractivity contribution in [1.29, 1.82) is 0 Å². The van der Waals surface area contributed by atoms with Gasteiger partial charge < -0.3 is 14.6 Å². The quantitative estimate of drug-likeness (QED) is 0.632. The number of rotatable bonds is 8. The Bertz CT molecular complexity index is 754. The van der Waals surface area contributed by atoms with E-state index in [4.69, 9.17) is 9.47 Å². The van der Waals surface area contributed by atoms with Gasteiger partial charge in [-0.3, -0.25) is 4.90 Å². The average molecular weight is 448 g/mol. The highest BCUT2D eigenvalue weighted by Crippen LogP contribution is 2.29. The van der Waals surface area contributed by atoms with E-state index in [9.17, 15) is 5.11 Å². The molecule has 1 aliphatic heterocycles. The molecule has 1 N–H and O–H groups in total. The van der Waals surface area contributed by atoms with Gasteiger partial charge in [-0.1, -0.05) is 60.1 Å². The van der Waals surface area contributed by atoms with Gasteiger partial charge in [0.2, 0.25) is 0 Å². The molecule has 0 saturated carbocycles. The minimum Gasteiger partial charge on any atom is -0.491 e. The average Bonchev–Trinajstić information content (AvgIpc) is 2.72. The summed E-state index contributed by atoms with van der Waals surface area (Å²) in [7, 11) is 0. The van der Waals surface area contributed by atoms with Gasteiger partial charge in [-0.25, -0.2) is 0 Å². The van der Waals surface area contributed by atoms with E-state index in [-0.39, 0.29) is 6.10 Å². The van der Waals surface area contributed by atoms with E-state index in [2.05, 4.69) is 52.9 Å². The number of para-hydroxylation sites is 1. The fraction of sp³-hybridized carbons (Fsp3) is 0.478. The summed E-state index contributed by atoms with van der Waals surface area (Å²) in [6.07, 6.45) is 0.560. The second kappa shape index (κ2) is 10.4. The number of aliphatic hydroxyl groups is 1. The molecule has 0 aromatic heterocycles. The van der Waals surface area contributed by atoms with Crippen LogP contribution in [0.2, 0.25) is 0 Å². The molecule has 4 nitrogen and oxygen atoms in total. The Labute approximate surface area is 176 Å². The predicted molar refractivity (Wildman–Crippen MR) is 116 cm³/mol. The molecule has 152 valence electrons. The number of hydrogen-bond donors (Lipinski definition) is 1. The van der Waals surface area contributed by atoms with Crippen molar-refractivity contribution in [3.63, 3.8) is 0 Å². The minimum absolute atomic E-state index is 0.0329. The second-order valence-electron chi connectivity index (χ2n) is 7.49. The zero-order valence-corrected chi connectivity index (χ0v) is 18.3. The van der Waals surface area contributed by atoms with Crippen molar-refractivity contribution in [3.8, 4) is 5.75 Å². The Morgan fingerprint density at radius 2 is 2.07 bits per heavy atom. The Balaban J connectivity index is 1.53. The van der Waals surface area contributed by atoms with Crippen LogP contribution in [0.3, 0.4) is 0 Å².